The molecule has 0 aliphatic carbocycles. The van der Waals surface area contributed by atoms with E-state index in [0.29, 0.717) is 28.5 Å². The van der Waals surface area contributed by atoms with E-state index in [1.54, 1.807) is 13.3 Å². The first-order valence-electron chi connectivity index (χ1n) is 6.85. The third-order valence-electron chi connectivity index (χ3n) is 3.99. The Morgan fingerprint density at radius 2 is 2.00 bits per heavy atom. The lowest BCUT2D eigenvalue weighted by atomic mass is 9.85. The Kier molecular flexibility index (Phi) is 4.01. The summed E-state index contributed by atoms with van der Waals surface area (Å²) in [6.45, 7) is 5.25. The molecule has 2 fully saturated rings. The van der Waals surface area contributed by atoms with Crippen molar-refractivity contribution in [1.29, 1.82) is 0 Å². The summed E-state index contributed by atoms with van der Waals surface area (Å²) in [7, 11) is 1.58. The summed E-state index contributed by atoms with van der Waals surface area (Å²) in [5.41, 5.74) is 0.934. The number of halogens is 1. The number of methoxy groups -OCH3 is 1. The number of nitrogens with zero attached hydrogens (tertiary/aromatic N) is 1. The molecule has 110 valence electrons. The molecule has 6 heteroatoms. The third-order valence-corrected chi connectivity index (χ3v) is 4.26. The number of hydrogen-bond donors (Lipinski definition) is 1. The first-order chi connectivity index (χ1) is 9.70. The van der Waals surface area contributed by atoms with Crippen LogP contribution in [0.2, 0.25) is 5.15 Å². The molecule has 2 unspecified atom stereocenters. The normalized spacial score (nSPS) is 29.1. The molecular weight excluding hydrogens is 280 g/mol. The molecule has 0 saturated carbocycles. The van der Waals surface area contributed by atoms with E-state index in [1.807, 2.05) is 6.92 Å². The van der Waals surface area contributed by atoms with Gasteiger partial charge in [-0.25, -0.2) is 4.98 Å². The number of nitrogens with one attached hydrogen (secondary N) is 1. The number of fused-ring (bicyclic) bond motifs is 2. The monoisotopic (exact) mass is 298 g/mol. The molecule has 5 nitrogen and oxygen atoms in total. The van der Waals surface area contributed by atoms with Gasteiger partial charge in [-0.1, -0.05) is 11.6 Å². The molecule has 0 aromatic carbocycles. The zero-order valence-corrected chi connectivity index (χ0v) is 12.4. The van der Waals surface area contributed by atoms with Crippen LogP contribution in [0.4, 0.5) is 0 Å². The molecule has 0 spiro atoms. The Bertz CT molecular complexity index is 476. The minimum atomic E-state index is 0.135. The second-order valence-electron chi connectivity index (χ2n) is 5.39. The van der Waals surface area contributed by atoms with Crippen molar-refractivity contribution in [2.75, 3.05) is 33.4 Å². The van der Waals surface area contributed by atoms with E-state index >= 15 is 0 Å². The van der Waals surface area contributed by atoms with E-state index in [2.05, 4.69) is 10.3 Å². The van der Waals surface area contributed by atoms with Crippen LogP contribution in [0.5, 0.6) is 11.5 Å². The van der Waals surface area contributed by atoms with E-state index in [4.69, 9.17) is 25.8 Å². The van der Waals surface area contributed by atoms with Crippen molar-refractivity contribution in [3.8, 4) is 11.5 Å². The van der Waals surface area contributed by atoms with E-state index < -0.39 is 0 Å². The lowest BCUT2D eigenvalue weighted by Crippen LogP contribution is -2.56. The molecule has 1 N–H and O–H groups in total. The number of pyridine rings is 1. The lowest BCUT2D eigenvalue weighted by molar-refractivity contribution is -0.0828. The van der Waals surface area contributed by atoms with Gasteiger partial charge in [0.15, 0.2) is 16.7 Å². The van der Waals surface area contributed by atoms with Crippen LogP contribution in [0.15, 0.2) is 6.20 Å². The quantitative estimate of drug-likeness (QED) is 0.860. The van der Waals surface area contributed by atoms with E-state index in [-0.39, 0.29) is 6.10 Å². The van der Waals surface area contributed by atoms with E-state index in [1.165, 1.54) is 0 Å². The van der Waals surface area contributed by atoms with Crippen molar-refractivity contribution in [1.82, 2.24) is 10.3 Å². The number of aromatic nitrogens is 1. The van der Waals surface area contributed by atoms with Gasteiger partial charge in [0.1, 0.15) is 6.10 Å². The molecule has 2 saturated heterocycles. The van der Waals surface area contributed by atoms with Gasteiger partial charge in [0.2, 0.25) is 0 Å². The second kappa shape index (κ2) is 5.76. The highest BCUT2D eigenvalue weighted by molar-refractivity contribution is 6.31. The molecule has 2 aliphatic rings. The molecule has 2 atom stereocenters. The van der Waals surface area contributed by atoms with Gasteiger partial charge in [0.25, 0.3) is 0 Å². The van der Waals surface area contributed by atoms with Gasteiger partial charge in [-0.2, -0.15) is 0 Å². The van der Waals surface area contributed by atoms with Crippen molar-refractivity contribution in [3.05, 3.63) is 16.9 Å². The molecule has 0 radical (unpaired) electrons. The van der Waals surface area contributed by atoms with Gasteiger partial charge in [-0.3, -0.25) is 0 Å². The minimum absolute atomic E-state index is 0.135. The topological polar surface area (TPSA) is 52.6 Å². The Morgan fingerprint density at radius 3 is 2.65 bits per heavy atom. The first-order valence-corrected chi connectivity index (χ1v) is 7.22. The molecular formula is C14H19ClN2O3. The highest BCUT2D eigenvalue weighted by Gasteiger charge is 2.39. The summed E-state index contributed by atoms with van der Waals surface area (Å²) in [5, 5.41) is 3.76. The molecule has 0 amide bonds. The number of ether oxygens (including phenoxy) is 3. The summed E-state index contributed by atoms with van der Waals surface area (Å²) in [4.78, 5) is 4.10. The van der Waals surface area contributed by atoms with Crippen LogP contribution in [0.25, 0.3) is 0 Å². The zero-order valence-electron chi connectivity index (χ0n) is 11.7. The van der Waals surface area contributed by atoms with Gasteiger partial charge in [0.05, 0.1) is 20.3 Å². The lowest BCUT2D eigenvalue weighted by Gasteiger charge is -2.42. The summed E-state index contributed by atoms with van der Waals surface area (Å²) < 4.78 is 17.3. The maximum absolute atomic E-state index is 6.29. The first kappa shape index (κ1) is 13.9. The van der Waals surface area contributed by atoms with Crippen LogP contribution in [0.3, 0.4) is 0 Å². The number of rotatable bonds is 3. The van der Waals surface area contributed by atoms with Gasteiger partial charge in [-0.05, 0) is 6.92 Å². The molecule has 1 aromatic heterocycles. The molecule has 2 aliphatic heterocycles. The predicted molar refractivity (Wildman–Crippen MR) is 75.6 cm³/mol. The molecule has 3 heterocycles. The van der Waals surface area contributed by atoms with Crippen LogP contribution in [-0.4, -0.2) is 44.5 Å². The zero-order chi connectivity index (χ0) is 14.1. The van der Waals surface area contributed by atoms with Gasteiger partial charge >= 0.3 is 0 Å². The molecule has 1 aromatic rings. The summed E-state index contributed by atoms with van der Waals surface area (Å²) in [6.07, 6.45) is 1.85. The van der Waals surface area contributed by atoms with Crippen molar-refractivity contribution < 1.29 is 14.2 Å². The summed E-state index contributed by atoms with van der Waals surface area (Å²) in [5.74, 6) is 1.94. The van der Waals surface area contributed by atoms with Crippen molar-refractivity contribution >= 4 is 11.6 Å². The Labute approximate surface area is 123 Å². The minimum Gasteiger partial charge on any atom is -0.490 e. The predicted octanol–water partition coefficient (Wildman–Crippen LogP) is 1.67. The van der Waals surface area contributed by atoms with E-state index in [9.17, 15) is 0 Å². The summed E-state index contributed by atoms with van der Waals surface area (Å²) >= 11 is 6.09. The SMILES string of the molecule is COc1c(Cl)ncc(C)c1OC1C2CNCC1COC2. The number of aryl methyl sites for hydroxylation is 1. The number of piperidine rings is 1. The van der Waals surface area contributed by atoms with Crippen LogP contribution >= 0.6 is 11.6 Å². The molecule has 20 heavy (non-hydrogen) atoms. The van der Waals surface area contributed by atoms with Gasteiger partial charge < -0.3 is 19.5 Å². The van der Waals surface area contributed by atoms with Crippen molar-refractivity contribution in [3.63, 3.8) is 0 Å². The van der Waals surface area contributed by atoms with Gasteiger partial charge in [0, 0.05) is 36.7 Å². The Hall–Kier alpha value is -1.04. The molecule has 2 bridgehead atoms. The Morgan fingerprint density at radius 1 is 1.30 bits per heavy atom. The standard InChI is InChI=1S/C14H19ClN2O3/c1-8-3-17-14(15)13(18-2)11(8)20-12-9-4-16-5-10(12)7-19-6-9/h3,9-10,12,16H,4-7H2,1-2H3. The van der Waals surface area contributed by atoms with Crippen LogP contribution in [-0.2, 0) is 4.74 Å². The maximum atomic E-state index is 6.29. The fraction of sp³-hybridized carbons (Fsp3) is 0.643. The molecule has 3 rings (SSSR count). The maximum Gasteiger partial charge on any atom is 0.198 e. The fourth-order valence-corrected chi connectivity index (χ4v) is 3.16. The van der Waals surface area contributed by atoms with Crippen LogP contribution < -0.4 is 14.8 Å². The van der Waals surface area contributed by atoms with Crippen molar-refractivity contribution in [2.45, 2.75) is 13.0 Å². The highest BCUT2D eigenvalue weighted by atomic mass is 35.5. The van der Waals surface area contributed by atoms with Crippen molar-refractivity contribution in [2.24, 2.45) is 11.8 Å². The fourth-order valence-electron chi connectivity index (χ4n) is 2.95. The average molecular weight is 299 g/mol. The highest BCUT2D eigenvalue weighted by Crippen LogP contribution is 2.39. The van der Waals surface area contributed by atoms with Gasteiger partial charge in [-0.15, -0.1) is 0 Å². The largest absolute Gasteiger partial charge is 0.490 e. The van der Waals surface area contributed by atoms with Crippen LogP contribution in [0, 0.1) is 18.8 Å². The average Bonchev–Trinajstić information content (AvgIpc) is 2.43. The van der Waals surface area contributed by atoms with E-state index in [0.717, 1.165) is 31.9 Å². The second-order valence-corrected chi connectivity index (χ2v) is 5.75. The summed E-state index contributed by atoms with van der Waals surface area (Å²) in [6, 6.07) is 0. The smallest absolute Gasteiger partial charge is 0.198 e. The van der Waals surface area contributed by atoms with Crippen LogP contribution in [0.1, 0.15) is 5.56 Å². The Balaban J connectivity index is 1.89. The third kappa shape index (κ3) is 2.45. The number of hydrogen-bond acceptors (Lipinski definition) is 5.